The number of benzene rings is 2. The number of anilines is 1. The van der Waals surface area contributed by atoms with Crippen molar-refractivity contribution in [1.82, 2.24) is 9.21 Å². The third kappa shape index (κ3) is 6.19. The van der Waals surface area contributed by atoms with Crippen molar-refractivity contribution in [3.05, 3.63) is 65.2 Å². The molecule has 8 heteroatoms. The van der Waals surface area contributed by atoms with Crippen LogP contribution in [0.3, 0.4) is 0 Å². The fourth-order valence-electron chi connectivity index (χ4n) is 3.40. The lowest BCUT2D eigenvalue weighted by Gasteiger charge is -2.37. The zero-order chi connectivity index (χ0) is 20.9. The van der Waals surface area contributed by atoms with Gasteiger partial charge in [0.2, 0.25) is 15.9 Å². The molecule has 2 aromatic carbocycles. The van der Waals surface area contributed by atoms with Crippen LogP contribution in [0.2, 0.25) is 5.02 Å². The van der Waals surface area contributed by atoms with E-state index in [1.165, 1.54) is 4.31 Å². The number of amides is 1. The minimum absolute atomic E-state index is 0.122. The van der Waals surface area contributed by atoms with Gasteiger partial charge in [0.25, 0.3) is 0 Å². The minimum Gasteiger partial charge on any atom is -0.368 e. The summed E-state index contributed by atoms with van der Waals surface area (Å²) in [6.45, 7) is 2.66. The lowest BCUT2D eigenvalue weighted by atomic mass is 10.1. The Morgan fingerprint density at radius 1 is 1.03 bits per heavy atom. The average molecular weight is 436 g/mol. The van der Waals surface area contributed by atoms with Crippen molar-refractivity contribution >= 4 is 33.2 Å². The van der Waals surface area contributed by atoms with Crippen LogP contribution in [0.4, 0.5) is 5.69 Å². The molecule has 1 aliphatic heterocycles. The fraction of sp³-hybridized carbons (Fsp3) is 0.381. The van der Waals surface area contributed by atoms with Crippen molar-refractivity contribution in [3.63, 3.8) is 0 Å². The second-order valence-corrected chi connectivity index (χ2v) is 9.60. The van der Waals surface area contributed by atoms with Gasteiger partial charge in [-0.3, -0.25) is 4.79 Å². The lowest BCUT2D eigenvalue weighted by Crippen LogP contribution is -2.52. The molecule has 2 aromatic rings. The van der Waals surface area contributed by atoms with Gasteiger partial charge in [-0.2, -0.15) is 4.31 Å². The van der Waals surface area contributed by atoms with Crippen LogP contribution in [0.25, 0.3) is 0 Å². The Bertz CT molecular complexity index is 929. The van der Waals surface area contributed by atoms with Gasteiger partial charge in [-0.25, -0.2) is 8.42 Å². The number of halogens is 1. The highest BCUT2D eigenvalue weighted by molar-refractivity contribution is 7.88. The molecule has 0 bridgehead atoms. The van der Waals surface area contributed by atoms with E-state index in [1.54, 1.807) is 4.90 Å². The molecule has 1 saturated heterocycles. The van der Waals surface area contributed by atoms with Gasteiger partial charge in [0, 0.05) is 43.4 Å². The standard InChI is InChI=1S/C21H26ClN3O3S/c1-29(27,28)25(11-10-18-6-3-2-4-7-18)17-21(26)24-14-12-23(13-15-24)20-9-5-8-19(22)16-20/h2-9,16H,10-15,17H2,1H3. The highest BCUT2D eigenvalue weighted by atomic mass is 35.5. The normalized spacial score (nSPS) is 15.0. The van der Waals surface area contributed by atoms with Crippen molar-refractivity contribution in [2.75, 3.05) is 50.4 Å². The molecular formula is C21H26ClN3O3S. The van der Waals surface area contributed by atoms with Crippen LogP contribution in [0.15, 0.2) is 54.6 Å². The van der Waals surface area contributed by atoms with Crippen molar-refractivity contribution in [2.24, 2.45) is 0 Å². The van der Waals surface area contributed by atoms with Crippen LogP contribution in [0.1, 0.15) is 5.56 Å². The van der Waals surface area contributed by atoms with Crippen LogP contribution in [-0.2, 0) is 21.2 Å². The molecule has 1 amide bonds. The third-order valence-electron chi connectivity index (χ3n) is 5.08. The molecule has 0 unspecified atom stereocenters. The number of carbonyl (C=O) groups excluding carboxylic acids is 1. The second kappa shape index (κ2) is 9.61. The average Bonchev–Trinajstić information content (AvgIpc) is 2.71. The Kier molecular flexibility index (Phi) is 7.16. The van der Waals surface area contributed by atoms with Crippen LogP contribution in [-0.4, -0.2) is 69.1 Å². The van der Waals surface area contributed by atoms with Crippen molar-refractivity contribution in [2.45, 2.75) is 6.42 Å². The van der Waals surface area contributed by atoms with E-state index in [4.69, 9.17) is 11.6 Å². The Labute approximate surface area is 177 Å². The molecule has 3 rings (SSSR count). The van der Waals surface area contributed by atoms with Gasteiger partial charge in [-0.05, 0) is 30.2 Å². The molecule has 1 fully saturated rings. The van der Waals surface area contributed by atoms with E-state index >= 15 is 0 Å². The molecule has 1 heterocycles. The van der Waals surface area contributed by atoms with E-state index in [-0.39, 0.29) is 19.0 Å². The third-order valence-corrected chi connectivity index (χ3v) is 6.56. The van der Waals surface area contributed by atoms with Crippen LogP contribution < -0.4 is 4.90 Å². The maximum absolute atomic E-state index is 12.7. The van der Waals surface area contributed by atoms with Gasteiger partial charge >= 0.3 is 0 Å². The minimum atomic E-state index is -3.47. The first kappa shape index (κ1) is 21.6. The number of nitrogens with zero attached hydrogens (tertiary/aromatic N) is 3. The predicted octanol–water partition coefficient (Wildman–Crippen LogP) is 2.49. The second-order valence-electron chi connectivity index (χ2n) is 7.18. The van der Waals surface area contributed by atoms with Crippen LogP contribution in [0.5, 0.6) is 0 Å². The zero-order valence-electron chi connectivity index (χ0n) is 16.5. The molecule has 0 aromatic heterocycles. The van der Waals surface area contributed by atoms with E-state index in [0.717, 1.165) is 17.5 Å². The van der Waals surface area contributed by atoms with E-state index in [9.17, 15) is 13.2 Å². The molecular weight excluding hydrogens is 410 g/mol. The van der Waals surface area contributed by atoms with Gasteiger partial charge in [0.05, 0.1) is 12.8 Å². The van der Waals surface area contributed by atoms with Crippen LogP contribution in [0, 0.1) is 0 Å². The molecule has 0 saturated carbocycles. The van der Waals surface area contributed by atoms with Crippen molar-refractivity contribution < 1.29 is 13.2 Å². The molecule has 0 N–H and O–H groups in total. The molecule has 0 aliphatic carbocycles. The first-order valence-corrected chi connectivity index (χ1v) is 11.8. The summed E-state index contributed by atoms with van der Waals surface area (Å²) < 4.78 is 25.6. The SMILES string of the molecule is CS(=O)(=O)N(CCc1ccccc1)CC(=O)N1CCN(c2cccc(Cl)c2)CC1. The van der Waals surface area contributed by atoms with Gasteiger partial charge in [0.1, 0.15) is 0 Å². The number of hydrogen-bond acceptors (Lipinski definition) is 4. The van der Waals surface area contributed by atoms with Crippen LogP contribution >= 0.6 is 11.6 Å². The largest absolute Gasteiger partial charge is 0.368 e. The van der Waals surface area contributed by atoms with E-state index in [1.807, 2.05) is 54.6 Å². The molecule has 6 nitrogen and oxygen atoms in total. The van der Waals surface area contributed by atoms with Crippen molar-refractivity contribution in [3.8, 4) is 0 Å². The lowest BCUT2D eigenvalue weighted by molar-refractivity contribution is -0.131. The van der Waals surface area contributed by atoms with Gasteiger partial charge in [0.15, 0.2) is 0 Å². The summed E-state index contributed by atoms with van der Waals surface area (Å²) in [5.74, 6) is -0.158. The smallest absolute Gasteiger partial charge is 0.238 e. The fourth-order valence-corrected chi connectivity index (χ4v) is 4.35. The molecule has 0 radical (unpaired) electrons. The Balaban J connectivity index is 1.56. The summed E-state index contributed by atoms with van der Waals surface area (Å²) in [5.41, 5.74) is 2.08. The van der Waals surface area contributed by atoms with Gasteiger partial charge in [-0.1, -0.05) is 48.0 Å². The first-order valence-electron chi connectivity index (χ1n) is 9.60. The molecule has 0 atom stereocenters. The maximum atomic E-state index is 12.7. The summed E-state index contributed by atoms with van der Waals surface area (Å²) in [6.07, 6.45) is 1.73. The summed E-state index contributed by atoms with van der Waals surface area (Å²) in [5, 5.41) is 0.684. The van der Waals surface area contributed by atoms with E-state index < -0.39 is 10.0 Å². The van der Waals surface area contributed by atoms with E-state index in [0.29, 0.717) is 37.6 Å². The first-order chi connectivity index (χ1) is 13.8. The summed E-state index contributed by atoms with van der Waals surface area (Å²) in [6, 6.07) is 17.3. The van der Waals surface area contributed by atoms with Crippen molar-refractivity contribution in [1.29, 1.82) is 0 Å². The zero-order valence-corrected chi connectivity index (χ0v) is 18.1. The monoisotopic (exact) mass is 435 g/mol. The summed E-state index contributed by atoms with van der Waals surface area (Å²) in [4.78, 5) is 16.7. The quantitative estimate of drug-likeness (QED) is 0.670. The maximum Gasteiger partial charge on any atom is 0.238 e. The number of carbonyl (C=O) groups is 1. The number of rotatable bonds is 7. The number of hydrogen-bond donors (Lipinski definition) is 0. The Morgan fingerprint density at radius 2 is 1.72 bits per heavy atom. The Morgan fingerprint density at radius 3 is 2.34 bits per heavy atom. The molecule has 156 valence electrons. The summed E-state index contributed by atoms with van der Waals surface area (Å²) in [7, 11) is -3.47. The van der Waals surface area contributed by atoms with Gasteiger partial charge < -0.3 is 9.80 Å². The molecule has 29 heavy (non-hydrogen) atoms. The molecule has 0 spiro atoms. The predicted molar refractivity (Wildman–Crippen MR) is 117 cm³/mol. The highest BCUT2D eigenvalue weighted by Crippen LogP contribution is 2.21. The Hall–Kier alpha value is -2.09. The summed E-state index contributed by atoms with van der Waals surface area (Å²) >= 11 is 6.06. The van der Waals surface area contributed by atoms with E-state index in [2.05, 4.69) is 4.90 Å². The van der Waals surface area contributed by atoms with Gasteiger partial charge in [-0.15, -0.1) is 0 Å². The highest BCUT2D eigenvalue weighted by Gasteiger charge is 2.26. The number of sulfonamides is 1. The molecule has 1 aliphatic rings. The topological polar surface area (TPSA) is 60.9 Å². The number of piperazine rings is 1.